The number of hydrogen-bond acceptors (Lipinski definition) is 14. The van der Waals surface area contributed by atoms with Gasteiger partial charge in [-0.25, -0.2) is 13.8 Å². The lowest BCUT2D eigenvalue weighted by Gasteiger charge is -2.37. The molecule has 1 aromatic heterocycles. The van der Waals surface area contributed by atoms with Gasteiger partial charge in [0.1, 0.15) is 40.9 Å². The Hall–Kier alpha value is -6.98. The number of ether oxygens (including phenoxy) is 5. The highest BCUT2D eigenvalue weighted by molar-refractivity contribution is 6.31. The third-order valence-corrected chi connectivity index (χ3v) is 12.8. The van der Waals surface area contributed by atoms with E-state index in [0.29, 0.717) is 41.3 Å². The van der Waals surface area contributed by atoms with Gasteiger partial charge in [0.15, 0.2) is 11.6 Å². The summed E-state index contributed by atoms with van der Waals surface area (Å²) in [5, 5.41) is 29.3. The number of carboxylic acid groups (broad SMARTS) is 1. The average molecular weight is 1060 g/mol. The fourth-order valence-corrected chi connectivity index (χ4v) is 9.27. The Balaban J connectivity index is 1.04. The number of carbonyl (C=O) groups excluding carboxylic acids is 2. The smallest absolute Gasteiger partial charge is 0.303 e. The van der Waals surface area contributed by atoms with Crippen molar-refractivity contribution in [2.24, 2.45) is 5.41 Å². The summed E-state index contributed by atoms with van der Waals surface area (Å²) in [6.07, 6.45) is 1.42. The van der Waals surface area contributed by atoms with E-state index >= 15 is 8.78 Å². The summed E-state index contributed by atoms with van der Waals surface area (Å²) in [7, 11) is 1.36. The number of benzene rings is 4. The summed E-state index contributed by atoms with van der Waals surface area (Å²) in [6, 6.07) is 17.9. The van der Waals surface area contributed by atoms with Gasteiger partial charge in [-0.1, -0.05) is 69.1 Å². The van der Waals surface area contributed by atoms with Gasteiger partial charge in [0.2, 0.25) is 11.9 Å². The second-order valence-corrected chi connectivity index (χ2v) is 19.5. The first kappa shape index (κ1) is 56.3. The van der Waals surface area contributed by atoms with Crippen molar-refractivity contribution < 1.29 is 52.0 Å². The van der Waals surface area contributed by atoms with Crippen LogP contribution in [0.3, 0.4) is 0 Å². The highest BCUT2D eigenvalue weighted by atomic mass is 35.5. The van der Waals surface area contributed by atoms with E-state index in [1.54, 1.807) is 18.2 Å². The summed E-state index contributed by atoms with van der Waals surface area (Å²) in [5.74, 6) is -3.31. The van der Waals surface area contributed by atoms with Gasteiger partial charge in [-0.2, -0.15) is 10.2 Å². The van der Waals surface area contributed by atoms with Gasteiger partial charge in [-0.15, -0.1) is 0 Å². The average Bonchev–Trinajstić information content (AvgIpc) is 3.67. The van der Waals surface area contributed by atoms with Crippen molar-refractivity contribution in [1.29, 1.82) is 5.26 Å². The number of carbonyl (C=O) groups is 3. The van der Waals surface area contributed by atoms with Gasteiger partial charge >= 0.3 is 5.97 Å². The number of amides is 2. The lowest BCUT2D eigenvalue weighted by molar-refractivity contribution is -0.137. The first-order valence-corrected chi connectivity index (χ1v) is 24.6. The molecule has 2 heterocycles. The maximum absolute atomic E-state index is 16.2. The molecule has 21 heteroatoms. The van der Waals surface area contributed by atoms with Crippen LogP contribution in [0, 0.1) is 28.4 Å². The van der Waals surface area contributed by atoms with Gasteiger partial charge in [-0.05, 0) is 90.4 Å². The van der Waals surface area contributed by atoms with Crippen LogP contribution in [0.5, 0.6) is 23.0 Å². The van der Waals surface area contributed by atoms with E-state index in [1.165, 1.54) is 55.6 Å². The van der Waals surface area contributed by atoms with Crippen LogP contribution in [0.2, 0.25) is 10.0 Å². The summed E-state index contributed by atoms with van der Waals surface area (Å²) in [5.41, 5.74) is 10.9. The molecule has 8 N–H and O–H groups in total. The topological polar surface area (TPSA) is 255 Å². The SMILES string of the molecule is CCc1nc(N)nc(N)c1OCCCOc1ccc(OCCOCCNC(=O)c2ccc(NC(=O)C3N[C@@H](CC(C)(C)C)[C@](C#N)(c4ccc(Cl)cc4F)[C@H]3c3cccc(Cl)c3F)c(OC)c2)cc1CCC(=O)O. The predicted molar refractivity (Wildman–Crippen MR) is 276 cm³/mol. The molecule has 1 unspecified atom stereocenters. The number of carboxylic acids is 1. The number of nitrogens with two attached hydrogens (primary N) is 2. The molecule has 394 valence electrons. The minimum atomic E-state index is -1.83. The van der Waals surface area contributed by atoms with E-state index in [2.05, 4.69) is 32.0 Å². The second-order valence-electron chi connectivity index (χ2n) is 18.6. The number of aromatic nitrogens is 2. The Kier molecular flexibility index (Phi) is 19.3. The first-order chi connectivity index (χ1) is 35.3. The summed E-state index contributed by atoms with van der Waals surface area (Å²) in [4.78, 5) is 47.3. The molecular weight excluding hydrogens is 1000 g/mol. The van der Waals surface area contributed by atoms with Gasteiger partial charge < -0.3 is 56.2 Å². The molecule has 0 radical (unpaired) electrons. The standard InChI is InChI=1S/C53H60Cl2F2N8O9/c1-6-38-47(48(59)65-51(60)63-38)74-21-8-20-73-40-17-14-33(25-30(40)12-18-43(66)67)72-24-23-71-22-19-61-49(68)31-11-16-39(41(26-31)70-5)62-50(69)46-44(34-9-7-10-36(55)45(34)57)53(29-58,42(64-46)28-52(2,3)4)35-15-13-32(54)27-37(35)56/h7,9-11,13-17,25-27,42,44,46,64H,6,8,12,18-24,28H2,1-5H3,(H,61,68)(H,62,69)(H,66,67)(H4,59,60,63,65)/t42-,44-,46?,53-/m0/s1. The van der Waals surface area contributed by atoms with E-state index < -0.39 is 58.2 Å². The molecule has 2 amide bonds. The molecule has 1 aliphatic heterocycles. The second kappa shape index (κ2) is 25.3. The summed E-state index contributed by atoms with van der Waals surface area (Å²) in [6.45, 7) is 8.86. The highest BCUT2D eigenvalue weighted by Gasteiger charge is 2.61. The van der Waals surface area contributed by atoms with E-state index in [4.69, 9.17) is 58.4 Å². The Morgan fingerprint density at radius 1 is 0.932 bits per heavy atom. The third-order valence-electron chi connectivity index (χ3n) is 12.2. The van der Waals surface area contributed by atoms with Crippen LogP contribution in [0.1, 0.15) is 85.6 Å². The lowest BCUT2D eigenvalue weighted by Crippen LogP contribution is -2.45. The van der Waals surface area contributed by atoms with E-state index in [-0.39, 0.29) is 109 Å². The van der Waals surface area contributed by atoms with E-state index in [1.807, 2.05) is 27.7 Å². The monoisotopic (exact) mass is 1060 g/mol. The minimum absolute atomic E-state index is 0.0592. The van der Waals surface area contributed by atoms with Crippen molar-refractivity contribution >= 4 is 58.4 Å². The number of anilines is 3. The largest absolute Gasteiger partial charge is 0.495 e. The zero-order chi connectivity index (χ0) is 53.7. The molecule has 5 aromatic rings. The molecule has 4 atom stereocenters. The molecule has 1 aliphatic rings. The fourth-order valence-electron chi connectivity index (χ4n) is 8.93. The van der Waals surface area contributed by atoms with Crippen molar-refractivity contribution in [3.05, 3.63) is 122 Å². The maximum atomic E-state index is 16.2. The number of nitrogen functional groups attached to an aromatic ring is 2. The van der Waals surface area contributed by atoms with Crippen LogP contribution in [0.25, 0.3) is 0 Å². The van der Waals surface area contributed by atoms with Crippen molar-refractivity contribution in [2.75, 3.05) is 63.5 Å². The quantitative estimate of drug-likeness (QED) is 0.0317. The predicted octanol–water partition coefficient (Wildman–Crippen LogP) is 8.45. The molecule has 0 spiro atoms. The zero-order valence-corrected chi connectivity index (χ0v) is 43.2. The molecule has 17 nitrogen and oxygen atoms in total. The molecule has 1 fully saturated rings. The molecule has 74 heavy (non-hydrogen) atoms. The van der Waals surface area contributed by atoms with Crippen LogP contribution in [0.15, 0.2) is 72.8 Å². The van der Waals surface area contributed by atoms with Crippen molar-refractivity contribution in [1.82, 2.24) is 20.6 Å². The number of aliphatic carboxylic acids is 1. The maximum Gasteiger partial charge on any atom is 0.303 e. The number of nitriles is 1. The zero-order valence-electron chi connectivity index (χ0n) is 41.7. The van der Waals surface area contributed by atoms with E-state index in [0.717, 1.165) is 6.07 Å². The summed E-state index contributed by atoms with van der Waals surface area (Å²) < 4.78 is 61.2. The minimum Gasteiger partial charge on any atom is -0.495 e. The number of nitrogens with one attached hydrogen (secondary N) is 3. The number of nitrogens with zero attached hydrogens (tertiary/aromatic N) is 3. The van der Waals surface area contributed by atoms with E-state index in [9.17, 15) is 24.8 Å². The van der Waals surface area contributed by atoms with Crippen LogP contribution >= 0.6 is 23.2 Å². The third kappa shape index (κ3) is 13.8. The number of halogens is 4. The first-order valence-electron chi connectivity index (χ1n) is 23.9. The lowest BCUT2D eigenvalue weighted by atomic mass is 9.62. The molecule has 4 aromatic carbocycles. The number of aryl methyl sites for hydroxylation is 2. The fraction of sp³-hybridized carbons (Fsp3) is 0.396. The Morgan fingerprint density at radius 3 is 2.41 bits per heavy atom. The van der Waals surface area contributed by atoms with Crippen molar-refractivity contribution in [3.8, 4) is 29.1 Å². The van der Waals surface area contributed by atoms with Crippen molar-refractivity contribution in [3.63, 3.8) is 0 Å². The van der Waals surface area contributed by atoms with Gasteiger partial charge in [0.25, 0.3) is 5.91 Å². The van der Waals surface area contributed by atoms with Crippen molar-refractivity contribution in [2.45, 2.75) is 83.2 Å². The molecule has 0 aliphatic carbocycles. The molecule has 1 saturated heterocycles. The summed E-state index contributed by atoms with van der Waals surface area (Å²) >= 11 is 12.4. The van der Waals surface area contributed by atoms with Gasteiger partial charge in [0.05, 0.1) is 62.1 Å². The van der Waals surface area contributed by atoms with Gasteiger partial charge in [0, 0.05) is 47.5 Å². The van der Waals surface area contributed by atoms with Crippen LogP contribution < -0.4 is 46.4 Å². The number of rotatable bonds is 24. The molecular formula is C53H60Cl2F2N8O9. The molecule has 6 rings (SSSR count). The number of methoxy groups -OCH3 is 1. The highest BCUT2D eigenvalue weighted by Crippen LogP contribution is 2.53. The van der Waals surface area contributed by atoms with Crippen LogP contribution in [0.4, 0.5) is 26.2 Å². The Bertz CT molecular complexity index is 2870. The van der Waals surface area contributed by atoms with Gasteiger partial charge in [-0.3, -0.25) is 14.4 Å². The molecule has 0 saturated carbocycles. The Labute approximate surface area is 438 Å². The molecule has 0 bridgehead atoms. The normalized spacial score (nSPS) is 17.3. The number of hydrogen-bond donors (Lipinski definition) is 6. The van der Waals surface area contributed by atoms with Crippen LogP contribution in [-0.2, 0) is 32.6 Å². The van der Waals surface area contributed by atoms with Crippen LogP contribution in [-0.4, -0.2) is 91.6 Å². The Morgan fingerprint density at radius 2 is 1.70 bits per heavy atom.